The minimum Gasteiger partial charge on any atom is -0.330 e. The Morgan fingerprint density at radius 2 is 1.82 bits per heavy atom. The predicted molar refractivity (Wildman–Crippen MR) is 113 cm³/mol. The van der Waals surface area contributed by atoms with Gasteiger partial charge >= 0.3 is 11.7 Å². The molecule has 3 aromatic rings. The van der Waals surface area contributed by atoms with E-state index in [2.05, 4.69) is 15.6 Å². The van der Waals surface area contributed by atoms with Crippen molar-refractivity contribution in [2.24, 2.45) is 5.73 Å². The molecular weight excluding hydrogens is 401 g/mol. The fourth-order valence-corrected chi connectivity index (χ4v) is 3.14. The van der Waals surface area contributed by atoms with Crippen LogP contribution in [0.25, 0.3) is 11.0 Å². The third-order valence-corrected chi connectivity index (χ3v) is 4.99. The number of nitrogens with two attached hydrogens (primary N) is 1. The maximum atomic E-state index is 12.6. The number of aromatic nitrogens is 2. The molecule has 5 N–H and O–H groups in total. The minimum absolute atomic E-state index is 0.262. The number of hydrogen-bond donors (Lipinski definition) is 4. The zero-order valence-electron chi connectivity index (χ0n) is 15.1. The summed E-state index contributed by atoms with van der Waals surface area (Å²) >= 11 is 12.0. The minimum atomic E-state index is -0.581. The molecule has 1 aromatic heterocycles. The molecule has 148 valence electrons. The van der Waals surface area contributed by atoms with Crippen LogP contribution in [-0.2, 0) is 6.54 Å². The fourth-order valence-electron chi connectivity index (χ4n) is 2.82. The quantitative estimate of drug-likeness (QED) is 0.437. The monoisotopic (exact) mass is 421 g/mol. The number of carbonyl (C=O) groups excluding carboxylic acids is 1. The van der Waals surface area contributed by atoms with Crippen LogP contribution in [0, 0.1) is 0 Å². The van der Waals surface area contributed by atoms with Gasteiger partial charge in [0.05, 0.1) is 21.1 Å². The molecule has 3 rings (SSSR count). The normalized spacial score (nSPS) is 11.1. The summed E-state index contributed by atoms with van der Waals surface area (Å²) < 4.78 is 0.991. The lowest BCUT2D eigenvalue weighted by Crippen LogP contribution is -2.29. The second-order valence-electron chi connectivity index (χ2n) is 6.35. The van der Waals surface area contributed by atoms with Crippen molar-refractivity contribution in [1.82, 2.24) is 14.9 Å². The average molecular weight is 422 g/mol. The lowest BCUT2D eigenvalue weighted by Gasteiger charge is -2.08. The molecule has 7 nitrogen and oxygen atoms in total. The Kier molecular flexibility index (Phi) is 6.74. The van der Waals surface area contributed by atoms with Gasteiger partial charge in [-0.3, -0.25) is 0 Å². The van der Waals surface area contributed by atoms with E-state index in [0.717, 1.165) is 36.1 Å². The molecule has 0 spiro atoms. The molecule has 0 atom stereocenters. The van der Waals surface area contributed by atoms with Crippen molar-refractivity contribution in [2.75, 3.05) is 18.4 Å². The van der Waals surface area contributed by atoms with Gasteiger partial charge in [0, 0.05) is 12.2 Å². The van der Waals surface area contributed by atoms with Gasteiger partial charge in [0.1, 0.15) is 0 Å². The first kappa shape index (κ1) is 20.4. The van der Waals surface area contributed by atoms with E-state index in [0.29, 0.717) is 28.3 Å². The zero-order chi connectivity index (χ0) is 20.1. The number of imidazole rings is 1. The van der Waals surface area contributed by atoms with E-state index >= 15 is 0 Å². The maximum Gasteiger partial charge on any atom is 0.334 e. The van der Waals surface area contributed by atoms with Crippen LogP contribution in [0.15, 0.2) is 41.2 Å². The van der Waals surface area contributed by atoms with Crippen LogP contribution in [0.2, 0.25) is 10.0 Å². The fraction of sp³-hybridized carbons (Fsp3) is 0.263. The molecule has 2 aromatic carbocycles. The smallest absolute Gasteiger partial charge is 0.330 e. The van der Waals surface area contributed by atoms with E-state index in [9.17, 15) is 9.59 Å². The first-order valence-corrected chi connectivity index (χ1v) is 9.66. The van der Waals surface area contributed by atoms with E-state index in [1.54, 1.807) is 12.1 Å². The number of anilines is 1. The summed E-state index contributed by atoms with van der Waals surface area (Å²) in [6.07, 6.45) is 2.04. The number of halogens is 2. The third-order valence-electron chi connectivity index (χ3n) is 4.27. The highest BCUT2D eigenvalue weighted by molar-refractivity contribution is 6.42. The number of carbonyl (C=O) groups is 1. The number of unbranched alkanes of at least 4 members (excludes halogenated alkanes) is 1. The van der Waals surface area contributed by atoms with Crippen molar-refractivity contribution in [3.8, 4) is 0 Å². The van der Waals surface area contributed by atoms with E-state index in [-0.39, 0.29) is 5.02 Å². The van der Waals surface area contributed by atoms with Crippen molar-refractivity contribution in [3.63, 3.8) is 0 Å². The Balaban J connectivity index is 1.68. The summed E-state index contributed by atoms with van der Waals surface area (Å²) in [7, 11) is 0. The standard InChI is InChI=1S/C19H21Cl2N5O2/c20-14-9-16-17(10-15(14)21)26(19(28)25-16)18(27)24-13-5-3-12(4-6-13)11-23-8-2-1-7-22/h3-6,9-10,23H,1-2,7-8,11,22H2,(H,24,27)(H,25,28). The van der Waals surface area contributed by atoms with Gasteiger partial charge in [-0.05, 0) is 55.8 Å². The number of nitrogens with zero attached hydrogens (tertiary/aromatic N) is 1. The number of H-pyrrole nitrogens is 1. The van der Waals surface area contributed by atoms with Crippen LogP contribution in [0.3, 0.4) is 0 Å². The van der Waals surface area contributed by atoms with Crippen LogP contribution in [0.4, 0.5) is 10.5 Å². The Morgan fingerprint density at radius 3 is 2.54 bits per heavy atom. The Labute approximate surface area is 171 Å². The van der Waals surface area contributed by atoms with Gasteiger partial charge in [0.2, 0.25) is 0 Å². The second kappa shape index (κ2) is 9.25. The molecule has 0 bridgehead atoms. The molecule has 9 heteroatoms. The highest BCUT2D eigenvalue weighted by Gasteiger charge is 2.16. The molecule has 1 heterocycles. The van der Waals surface area contributed by atoms with E-state index in [1.807, 2.05) is 12.1 Å². The number of fused-ring (bicyclic) bond motifs is 1. The van der Waals surface area contributed by atoms with Crippen LogP contribution >= 0.6 is 23.2 Å². The lowest BCUT2D eigenvalue weighted by atomic mass is 10.2. The van der Waals surface area contributed by atoms with Crippen molar-refractivity contribution >= 4 is 46.0 Å². The molecule has 0 aliphatic heterocycles. The number of aromatic amines is 1. The van der Waals surface area contributed by atoms with Crippen LogP contribution in [0.1, 0.15) is 18.4 Å². The van der Waals surface area contributed by atoms with Gasteiger partial charge in [-0.25, -0.2) is 14.2 Å². The molecule has 28 heavy (non-hydrogen) atoms. The number of nitrogens with one attached hydrogen (secondary N) is 3. The molecule has 0 unspecified atom stereocenters. The SMILES string of the molecule is NCCCCNCc1ccc(NC(=O)n2c(=O)[nH]c3cc(Cl)c(Cl)cc32)cc1. The van der Waals surface area contributed by atoms with Crippen molar-refractivity contribution in [1.29, 1.82) is 0 Å². The van der Waals surface area contributed by atoms with Gasteiger partial charge in [-0.15, -0.1) is 0 Å². The summed E-state index contributed by atoms with van der Waals surface area (Å²) in [4.78, 5) is 27.4. The summed E-state index contributed by atoms with van der Waals surface area (Å²) in [5.41, 5.74) is 7.37. The van der Waals surface area contributed by atoms with Gasteiger partial charge in [0.15, 0.2) is 0 Å². The number of rotatable bonds is 7. The molecular formula is C19H21Cl2N5O2. The second-order valence-corrected chi connectivity index (χ2v) is 7.16. The first-order chi connectivity index (χ1) is 13.5. The van der Waals surface area contributed by atoms with Gasteiger partial charge in [0.25, 0.3) is 0 Å². The lowest BCUT2D eigenvalue weighted by molar-refractivity contribution is 0.253. The molecule has 0 saturated carbocycles. The van der Waals surface area contributed by atoms with Crippen LogP contribution in [0.5, 0.6) is 0 Å². The Morgan fingerprint density at radius 1 is 1.11 bits per heavy atom. The molecule has 0 radical (unpaired) electrons. The number of hydrogen-bond acceptors (Lipinski definition) is 4. The summed E-state index contributed by atoms with van der Waals surface area (Å²) in [6, 6.07) is 9.83. The van der Waals surface area contributed by atoms with Crippen molar-refractivity contribution in [3.05, 3.63) is 62.5 Å². The van der Waals surface area contributed by atoms with Gasteiger partial charge < -0.3 is 21.4 Å². The molecule has 0 aliphatic rings. The Hall–Kier alpha value is -2.32. The van der Waals surface area contributed by atoms with Crippen LogP contribution < -0.4 is 22.1 Å². The van der Waals surface area contributed by atoms with Crippen molar-refractivity contribution in [2.45, 2.75) is 19.4 Å². The highest BCUT2D eigenvalue weighted by Crippen LogP contribution is 2.26. The third kappa shape index (κ3) is 4.74. The van der Waals surface area contributed by atoms with Crippen molar-refractivity contribution < 1.29 is 4.79 Å². The predicted octanol–water partition coefficient (Wildman–Crippen LogP) is 3.55. The van der Waals surface area contributed by atoms with E-state index in [1.165, 1.54) is 12.1 Å². The van der Waals surface area contributed by atoms with Crippen LogP contribution in [-0.4, -0.2) is 28.7 Å². The summed E-state index contributed by atoms with van der Waals surface area (Å²) in [6.45, 7) is 2.35. The van der Waals surface area contributed by atoms with E-state index in [4.69, 9.17) is 28.9 Å². The van der Waals surface area contributed by atoms with E-state index < -0.39 is 11.7 Å². The maximum absolute atomic E-state index is 12.6. The molecule has 1 amide bonds. The Bertz CT molecular complexity index is 1030. The summed E-state index contributed by atoms with van der Waals surface area (Å²) in [5.74, 6) is 0. The van der Waals surface area contributed by atoms with Gasteiger partial charge in [-0.2, -0.15) is 0 Å². The largest absolute Gasteiger partial charge is 0.334 e. The average Bonchev–Trinajstić information content (AvgIpc) is 2.98. The molecule has 0 aliphatic carbocycles. The molecule has 0 saturated heterocycles. The summed E-state index contributed by atoms with van der Waals surface area (Å²) in [5, 5.41) is 6.62. The van der Waals surface area contributed by atoms with Gasteiger partial charge in [-0.1, -0.05) is 35.3 Å². The number of benzene rings is 2. The molecule has 0 fully saturated rings. The highest BCUT2D eigenvalue weighted by atomic mass is 35.5. The topological polar surface area (TPSA) is 105 Å². The zero-order valence-corrected chi connectivity index (χ0v) is 16.6. The first-order valence-electron chi connectivity index (χ1n) is 8.90. The number of amides is 1.